The van der Waals surface area contributed by atoms with Gasteiger partial charge >= 0.3 is 0 Å². The molecule has 0 fully saturated rings. The first-order chi connectivity index (χ1) is 9.06. The second-order valence-electron chi connectivity index (χ2n) is 4.74. The van der Waals surface area contributed by atoms with Crippen molar-refractivity contribution in [2.45, 2.75) is 13.8 Å². The van der Waals surface area contributed by atoms with E-state index in [4.69, 9.17) is 12.2 Å². The summed E-state index contributed by atoms with van der Waals surface area (Å²) in [6.07, 6.45) is 0. The molecule has 1 heterocycles. The third-order valence-corrected chi connectivity index (χ3v) is 3.46. The highest BCUT2D eigenvalue weighted by Crippen LogP contribution is 2.23. The van der Waals surface area contributed by atoms with Crippen molar-refractivity contribution >= 4 is 23.3 Å². The summed E-state index contributed by atoms with van der Waals surface area (Å²) in [5, 5.41) is 0. The zero-order valence-electron chi connectivity index (χ0n) is 10.7. The molecule has 4 heteroatoms. The van der Waals surface area contributed by atoms with Crippen LogP contribution in [0.3, 0.4) is 0 Å². The average Bonchev–Trinajstić information content (AvgIpc) is 2.67. The van der Waals surface area contributed by atoms with Crippen LogP contribution in [0.1, 0.15) is 11.1 Å². The number of rotatable bonds is 1. The topological polar surface area (TPSA) is 20.7 Å². The highest BCUT2D eigenvalue weighted by atomic mass is 32.1. The van der Waals surface area contributed by atoms with Gasteiger partial charge in [-0.25, -0.2) is 4.39 Å². The largest absolute Gasteiger partial charge is 0.330 e. The van der Waals surface area contributed by atoms with Crippen molar-refractivity contribution in [3.63, 3.8) is 0 Å². The van der Waals surface area contributed by atoms with Gasteiger partial charge in [-0.2, -0.15) is 0 Å². The molecule has 0 aliphatic heterocycles. The monoisotopic (exact) mass is 272 g/mol. The molecule has 96 valence electrons. The smallest absolute Gasteiger partial charge is 0.182 e. The summed E-state index contributed by atoms with van der Waals surface area (Å²) < 4.78 is 16.3. The third kappa shape index (κ3) is 1.98. The summed E-state index contributed by atoms with van der Waals surface area (Å²) >= 11 is 5.32. The van der Waals surface area contributed by atoms with Gasteiger partial charge in [0.2, 0.25) is 0 Å². The Kier molecular flexibility index (Phi) is 2.75. The number of benzene rings is 2. The van der Waals surface area contributed by atoms with Gasteiger partial charge in [0.1, 0.15) is 5.82 Å². The van der Waals surface area contributed by atoms with Crippen LogP contribution in [0, 0.1) is 24.4 Å². The van der Waals surface area contributed by atoms with Gasteiger partial charge in [0.15, 0.2) is 4.77 Å². The summed E-state index contributed by atoms with van der Waals surface area (Å²) in [6.45, 7) is 3.95. The van der Waals surface area contributed by atoms with Crippen molar-refractivity contribution in [1.29, 1.82) is 0 Å². The molecule has 0 aliphatic rings. The Morgan fingerprint density at radius 3 is 2.53 bits per heavy atom. The molecule has 1 N–H and O–H groups in total. The predicted molar refractivity (Wildman–Crippen MR) is 77.9 cm³/mol. The van der Waals surface area contributed by atoms with Crippen LogP contribution in [-0.4, -0.2) is 9.55 Å². The maximum absolute atomic E-state index is 14.0. The van der Waals surface area contributed by atoms with Crippen molar-refractivity contribution in [3.05, 3.63) is 58.1 Å². The van der Waals surface area contributed by atoms with Crippen molar-refractivity contribution in [1.82, 2.24) is 9.55 Å². The molecule has 2 aromatic carbocycles. The van der Waals surface area contributed by atoms with E-state index in [-0.39, 0.29) is 5.82 Å². The fourth-order valence-electron chi connectivity index (χ4n) is 2.26. The Bertz CT molecular complexity index is 830. The van der Waals surface area contributed by atoms with Gasteiger partial charge in [0, 0.05) is 0 Å². The zero-order valence-corrected chi connectivity index (χ0v) is 11.5. The minimum atomic E-state index is -0.275. The summed E-state index contributed by atoms with van der Waals surface area (Å²) in [6, 6.07) is 11.0. The average molecular weight is 272 g/mol. The number of hydrogen-bond acceptors (Lipinski definition) is 1. The van der Waals surface area contributed by atoms with E-state index in [1.54, 1.807) is 16.7 Å². The molecule has 1 aromatic heterocycles. The van der Waals surface area contributed by atoms with Crippen LogP contribution in [-0.2, 0) is 0 Å². The second-order valence-corrected chi connectivity index (χ2v) is 5.13. The van der Waals surface area contributed by atoms with Crippen LogP contribution in [0.2, 0.25) is 0 Å². The molecular weight excluding hydrogens is 259 g/mol. The van der Waals surface area contributed by atoms with Gasteiger partial charge in [0.05, 0.1) is 16.7 Å². The molecule has 0 saturated heterocycles. The first-order valence-corrected chi connectivity index (χ1v) is 6.45. The molecule has 3 rings (SSSR count). The highest BCUT2D eigenvalue weighted by molar-refractivity contribution is 7.71. The number of aromatic nitrogens is 2. The number of fused-ring (bicyclic) bond motifs is 1. The molecule has 19 heavy (non-hydrogen) atoms. The summed E-state index contributed by atoms with van der Waals surface area (Å²) in [5.41, 5.74) is 4.44. The van der Waals surface area contributed by atoms with Crippen molar-refractivity contribution < 1.29 is 4.39 Å². The van der Waals surface area contributed by atoms with E-state index in [0.717, 1.165) is 22.2 Å². The van der Waals surface area contributed by atoms with Crippen LogP contribution in [0.5, 0.6) is 0 Å². The fourth-order valence-corrected chi connectivity index (χ4v) is 2.57. The molecular formula is C15H13FN2S. The lowest BCUT2D eigenvalue weighted by molar-refractivity contribution is 0.618. The number of imidazole rings is 1. The Hall–Kier alpha value is -1.94. The standard InChI is InChI=1S/C15H13FN2S/c1-9-4-6-13-12(7-9)17-15(19)18(13)14-8-10(2)3-5-11(14)16/h3-8H,1-2H3,(H,17,19). The van der Waals surface area contributed by atoms with Crippen LogP contribution < -0.4 is 0 Å². The first kappa shape index (κ1) is 12.1. The van der Waals surface area contributed by atoms with E-state index < -0.39 is 0 Å². The number of hydrogen-bond donors (Lipinski definition) is 1. The SMILES string of the molecule is Cc1ccc(F)c(-n2c(=S)[nH]c3cc(C)ccc32)c1. The van der Waals surface area contributed by atoms with Crippen LogP contribution >= 0.6 is 12.2 Å². The lowest BCUT2D eigenvalue weighted by Crippen LogP contribution is -1.98. The van der Waals surface area contributed by atoms with Crippen LogP contribution in [0.15, 0.2) is 36.4 Å². The molecule has 0 bridgehead atoms. The molecule has 2 nitrogen and oxygen atoms in total. The van der Waals surface area contributed by atoms with Gasteiger partial charge in [-0.1, -0.05) is 12.1 Å². The molecule has 0 unspecified atom stereocenters. The number of nitrogens with one attached hydrogen (secondary N) is 1. The first-order valence-electron chi connectivity index (χ1n) is 6.04. The van der Waals surface area contributed by atoms with Gasteiger partial charge in [0.25, 0.3) is 0 Å². The molecule has 0 radical (unpaired) electrons. The van der Waals surface area contributed by atoms with E-state index in [0.29, 0.717) is 10.5 Å². The normalized spacial score (nSPS) is 11.1. The van der Waals surface area contributed by atoms with Gasteiger partial charge < -0.3 is 4.98 Å². The molecule has 0 aliphatic carbocycles. The van der Waals surface area contributed by atoms with E-state index in [1.807, 2.05) is 32.0 Å². The van der Waals surface area contributed by atoms with Gasteiger partial charge in [-0.3, -0.25) is 4.57 Å². The van der Waals surface area contributed by atoms with E-state index in [1.165, 1.54) is 6.07 Å². The predicted octanol–water partition coefficient (Wildman–Crippen LogP) is 4.44. The molecule has 0 spiro atoms. The molecule has 0 atom stereocenters. The number of nitrogens with zero attached hydrogens (tertiary/aromatic N) is 1. The molecule has 3 aromatic rings. The summed E-state index contributed by atoms with van der Waals surface area (Å²) in [4.78, 5) is 3.12. The Labute approximate surface area is 115 Å². The van der Waals surface area contributed by atoms with Crippen molar-refractivity contribution in [2.75, 3.05) is 0 Å². The minimum Gasteiger partial charge on any atom is -0.330 e. The fraction of sp³-hybridized carbons (Fsp3) is 0.133. The Morgan fingerprint density at radius 1 is 1.05 bits per heavy atom. The number of aromatic amines is 1. The lowest BCUT2D eigenvalue weighted by atomic mass is 10.2. The Balaban J connectivity index is 2.39. The quantitative estimate of drug-likeness (QED) is 0.649. The highest BCUT2D eigenvalue weighted by Gasteiger charge is 2.10. The van der Waals surface area contributed by atoms with Gasteiger partial charge in [-0.15, -0.1) is 0 Å². The van der Waals surface area contributed by atoms with Crippen LogP contribution in [0.4, 0.5) is 4.39 Å². The maximum atomic E-state index is 14.0. The third-order valence-electron chi connectivity index (χ3n) is 3.18. The Morgan fingerprint density at radius 2 is 1.74 bits per heavy atom. The molecule has 0 amide bonds. The summed E-state index contributed by atoms with van der Waals surface area (Å²) in [5.74, 6) is -0.275. The van der Waals surface area contributed by atoms with Crippen molar-refractivity contribution in [3.8, 4) is 5.69 Å². The van der Waals surface area contributed by atoms with E-state index in [9.17, 15) is 4.39 Å². The lowest BCUT2D eigenvalue weighted by Gasteiger charge is -2.07. The second kappa shape index (κ2) is 4.31. The van der Waals surface area contributed by atoms with Crippen LogP contribution in [0.25, 0.3) is 16.7 Å². The number of halogens is 1. The summed E-state index contributed by atoms with van der Waals surface area (Å²) in [7, 11) is 0. The minimum absolute atomic E-state index is 0.275. The van der Waals surface area contributed by atoms with E-state index >= 15 is 0 Å². The number of aryl methyl sites for hydroxylation is 2. The van der Waals surface area contributed by atoms with E-state index in [2.05, 4.69) is 4.98 Å². The zero-order chi connectivity index (χ0) is 13.6. The molecule has 0 saturated carbocycles. The van der Waals surface area contributed by atoms with Gasteiger partial charge in [-0.05, 0) is 61.5 Å². The van der Waals surface area contributed by atoms with Crippen molar-refractivity contribution in [2.24, 2.45) is 0 Å². The maximum Gasteiger partial charge on any atom is 0.182 e. The number of H-pyrrole nitrogens is 1.